The van der Waals surface area contributed by atoms with Crippen LogP contribution in [-0.4, -0.2) is 19.5 Å². The largest absolute Gasteiger partial charge is 0.456 e. The van der Waals surface area contributed by atoms with E-state index in [1.165, 1.54) is 57.6 Å². The summed E-state index contributed by atoms with van der Waals surface area (Å²) in [7, 11) is 0. The zero-order chi connectivity index (χ0) is 41.9. The number of aromatic nitrogens is 4. The van der Waals surface area contributed by atoms with Gasteiger partial charge in [-0.2, -0.15) is 0 Å². The highest BCUT2D eigenvalue weighted by molar-refractivity contribution is 7.26. The summed E-state index contributed by atoms with van der Waals surface area (Å²) in [6, 6.07) is 69.1. The fourth-order valence-corrected chi connectivity index (χ4v) is 12.1. The Morgan fingerprint density at radius 3 is 1.89 bits per heavy atom. The molecule has 0 atom stereocenters. The lowest BCUT2D eigenvalue weighted by molar-refractivity contribution is 0.669. The van der Waals surface area contributed by atoms with Gasteiger partial charge in [0, 0.05) is 84.3 Å². The van der Waals surface area contributed by atoms with Crippen molar-refractivity contribution >= 4 is 107 Å². The summed E-state index contributed by atoms with van der Waals surface area (Å²) < 4.78 is 13.5. The quantitative estimate of drug-likeness (QED) is 0.173. The number of fused-ring (bicyclic) bond motifs is 12. The molecule has 0 radical (unpaired) electrons. The van der Waals surface area contributed by atoms with Gasteiger partial charge in [0.2, 0.25) is 0 Å². The normalized spacial score (nSPS) is 12.1. The molecule has 0 bridgehead atoms. The van der Waals surface area contributed by atoms with Crippen molar-refractivity contribution in [2.45, 2.75) is 0 Å². The predicted molar refractivity (Wildman–Crippen MR) is 269 cm³/mol. The van der Waals surface area contributed by atoms with E-state index in [9.17, 15) is 0 Å². The molecule has 14 rings (SSSR count). The Morgan fingerprint density at radius 2 is 0.984 bits per heavy atom. The molecular weight excluding hydrogens is 821 g/mol. The number of benzene rings is 9. The predicted octanol–water partition coefficient (Wildman–Crippen LogP) is 16.3. The van der Waals surface area contributed by atoms with E-state index < -0.39 is 0 Å². The minimum Gasteiger partial charge on any atom is -0.456 e. The molecule has 0 aliphatic carbocycles. The van der Waals surface area contributed by atoms with Crippen LogP contribution in [0.3, 0.4) is 0 Å². The maximum atomic E-state index is 6.38. The molecular formula is C57H32N4OS2. The van der Waals surface area contributed by atoms with E-state index in [1.54, 1.807) is 22.7 Å². The minimum absolute atomic E-state index is 0.598. The van der Waals surface area contributed by atoms with Crippen LogP contribution in [-0.2, 0) is 0 Å². The monoisotopic (exact) mass is 852 g/mol. The van der Waals surface area contributed by atoms with Crippen LogP contribution < -0.4 is 0 Å². The lowest BCUT2D eigenvalue weighted by Crippen LogP contribution is -2.00. The summed E-state index contributed by atoms with van der Waals surface area (Å²) in [5.41, 5.74) is 10.4. The van der Waals surface area contributed by atoms with E-state index in [-0.39, 0.29) is 0 Å². The molecule has 0 saturated carbocycles. The molecule has 0 aliphatic rings. The molecule has 5 aromatic heterocycles. The first-order chi connectivity index (χ1) is 31.7. The molecule has 0 saturated heterocycles. The Balaban J connectivity index is 0.973. The third-order valence-electron chi connectivity index (χ3n) is 12.7. The smallest absolute Gasteiger partial charge is 0.165 e. The van der Waals surface area contributed by atoms with Crippen molar-refractivity contribution in [3.63, 3.8) is 0 Å². The Bertz CT molecular complexity index is 4210. The van der Waals surface area contributed by atoms with Gasteiger partial charge in [-0.15, -0.1) is 22.7 Å². The van der Waals surface area contributed by atoms with E-state index in [2.05, 4.69) is 180 Å². The molecule has 0 N–H and O–H groups in total. The van der Waals surface area contributed by atoms with Crippen LogP contribution in [0.15, 0.2) is 199 Å². The van der Waals surface area contributed by atoms with E-state index >= 15 is 0 Å². The first-order valence-corrected chi connectivity index (χ1v) is 23.0. The number of hydrogen-bond donors (Lipinski definition) is 0. The van der Waals surface area contributed by atoms with Gasteiger partial charge < -0.3 is 8.98 Å². The van der Waals surface area contributed by atoms with Crippen molar-refractivity contribution in [3.8, 4) is 51.0 Å². The van der Waals surface area contributed by atoms with E-state index in [0.717, 1.165) is 60.0 Å². The van der Waals surface area contributed by atoms with Crippen LogP contribution in [0, 0.1) is 0 Å². The maximum Gasteiger partial charge on any atom is 0.165 e. The van der Waals surface area contributed by atoms with Crippen molar-refractivity contribution in [1.29, 1.82) is 0 Å². The lowest BCUT2D eigenvalue weighted by atomic mass is 9.99. The van der Waals surface area contributed by atoms with Crippen molar-refractivity contribution in [2.24, 2.45) is 0 Å². The first-order valence-electron chi connectivity index (χ1n) is 21.3. The maximum absolute atomic E-state index is 6.38. The zero-order valence-electron chi connectivity index (χ0n) is 34.0. The number of para-hydroxylation sites is 3. The molecule has 0 fully saturated rings. The molecule has 0 unspecified atom stereocenters. The van der Waals surface area contributed by atoms with Crippen LogP contribution in [0.1, 0.15) is 0 Å². The Morgan fingerprint density at radius 1 is 0.359 bits per heavy atom. The van der Waals surface area contributed by atoms with Crippen molar-refractivity contribution in [3.05, 3.63) is 194 Å². The van der Waals surface area contributed by atoms with Crippen molar-refractivity contribution < 1.29 is 4.42 Å². The molecule has 5 nitrogen and oxygen atoms in total. The summed E-state index contributed by atoms with van der Waals surface area (Å²) in [5, 5.41) is 9.38. The second kappa shape index (κ2) is 13.8. The number of rotatable bonds is 5. The molecule has 7 heteroatoms. The van der Waals surface area contributed by atoms with E-state index in [1.807, 2.05) is 18.2 Å². The molecule has 298 valence electrons. The SMILES string of the molecule is c1ccc(-n2c3ccccc3c3cc(-c4ccc5sc6cccc(-c7nc(-c8ccc9c(c8)oc8ccccc89)nc(-c8cccc9c8sc8ccccc89)n7)c6c5c4)ccc32)cc1. The minimum atomic E-state index is 0.598. The third-order valence-corrected chi connectivity index (χ3v) is 15.0. The molecule has 0 aliphatic heterocycles. The van der Waals surface area contributed by atoms with Crippen LogP contribution in [0.25, 0.3) is 135 Å². The van der Waals surface area contributed by atoms with Gasteiger partial charge >= 0.3 is 0 Å². The van der Waals surface area contributed by atoms with Crippen molar-refractivity contribution in [1.82, 2.24) is 19.5 Å². The summed E-state index contributed by atoms with van der Waals surface area (Å²) >= 11 is 3.59. The molecule has 5 heterocycles. The number of thiophene rings is 2. The van der Waals surface area contributed by atoms with Gasteiger partial charge in [0.15, 0.2) is 17.5 Å². The second-order valence-electron chi connectivity index (χ2n) is 16.3. The highest BCUT2D eigenvalue weighted by atomic mass is 32.1. The number of furan rings is 1. The van der Waals surface area contributed by atoms with E-state index in [4.69, 9.17) is 19.4 Å². The third kappa shape index (κ3) is 5.38. The van der Waals surface area contributed by atoms with Crippen LogP contribution >= 0.6 is 22.7 Å². The Kier molecular flexibility index (Phi) is 7.66. The summed E-state index contributed by atoms with van der Waals surface area (Å²) in [6.07, 6.45) is 0. The fraction of sp³-hybridized carbons (Fsp3) is 0. The topological polar surface area (TPSA) is 56.7 Å². The highest BCUT2D eigenvalue weighted by Crippen LogP contribution is 2.44. The van der Waals surface area contributed by atoms with Crippen LogP contribution in [0.5, 0.6) is 0 Å². The second-order valence-corrected chi connectivity index (χ2v) is 18.4. The van der Waals surface area contributed by atoms with Crippen molar-refractivity contribution in [2.75, 3.05) is 0 Å². The van der Waals surface area contributed by atoms with Gasteiger partial charge in [0.25, 0.3) is 0 Å². The molecule has 9 aromatic carbocycles. The fourth-order valence-electron chi connectivity index (χ4n) is 9.73. The standard InChI is InChI=1S/C57H32N4OS2/c1-2-12-36(13-3-1)61-46-20-7-4-14-37(46)44-30-33(25-28-47(44)61)34-26-29-51-45(31-34)53-42(18-11-23-52(53)63-51)56-58-55(35-24-27-39-38-15-5-8-21-48(38)62-49(39)32-35)59-57(60-56)43-19-10-17-41-40-16-6-9-22-50(40)64-54(41)43/h1-32H. The molecule has 64 heavy (non-hydrogen) atoms. The van der Waals surface area contributed by atoms with Gasteiger partial charge in [-0.3, -0.25) is 0 Å². The number of hydrogen-bond acceptors (Lipinski definition) is 6. The molecule has 14 aromatic rings. The average molecular weight is 853 g/mol. The summed E-state index contributed by atoms with van der Waals surface area (Å²) in [6.45, 7) is 0. The lowest BCUT2D eigenvalue weighted by Gasteiger charge is -2.10. The van der Waals surface area contributed by atoms with Crippen LogP contribution in [0.2, 0.25) is 0 Å². The zero-order valence-corrected chi connectivity index (χ0v) is 35.6. The van der Waals surface area contributed by atoms with Gasteiger partial charge in [-0.05, 0) is 90.0 Å². The van der Waals surface area contributed by atoms with Gasteiger partial charge in [0.05, 0.1) is 11.0 Å². The van der Waals surface area contributed by atoms with Crippen LogP contribution in [0.4, 0.5) is 0 Å². The number of nitrogens with zero attached hydrogens (tertiary/aromatic N) is 4. The van der Waals surface area contributed by atoms with Gasteiger partial charge in [0.1, 0.15) is 11.2 Å². The van der Waals surface area contributed by atoms with Gasteiger partial charge in [-0.25, -0.2) is 15.0 Å². The summed E-state index contributed by atoms with van der Waals surface area (Å²) in [4.78, 5) is 16.0. The van der Waals surface area contributed by atoms with E-state index in [0.29, 0.717) is 17.5 Å². The Hall–Kier alpha value is -7.97. The summed E-state index contributed by atoms with van der Waals surface area (Å²) in [5.74, 6) is 1.87. The molecule has 0 spiro atoms. The van der Waals surface area contributed by atoms with Gasteiger partial charge in [-0.1, -0.05) is 115 Å². The Labute approximate surface area is 373 Å². The highest BCUT2D eigenvalue weighted by Gasteiger charge is 2.21. The molecule has 0 amide bonds. The average Bonchev–Trinajstić information content (AvgIpc) is 4.12. The first kappa shape index (κ1) is 35.6.